The second-order valence-corrected chi connectivity index (χ2v) is 8.68. The minimum absolute atomic E-state index is 0.0120. The second-order valence-electron chi connectivity index (χ2n) is 8.68. The number of likely N-dealkylation sites (N-methyl/N-ethyl adjacent to an activating group) is 2. The van der Waals surface area contributed by atoms with Crippen LogP contribution in [0.5, 0.6) is 0 Å². The SMILES string of the molecule is CN[C@@H]1[C@H](O)[C@H](NC)[C@H]2O[C@]3(O)C(O[C@@H]2[C@H]1O)O[C@H](C)C[C@@]3(O)CNCc1cnc[nH]1. The summed E-state index contributed by atoms with van der Waals surface area (Å²) in [7, 11) is 3.28. The lowest BCUT2D eigenvalue weighted by Gasteiger charge is -2.60. The van der Waals surface area contributed by atoms with E-state index in [1.807, 2.05) is 0 Å². The number of hydrogen-bond acceptors (Lipinski definition) is 11. The zero-order chi connectivity index (χ0) is 22.4. The summed E-state index contributed by atoms with van der Waals surface area (Å²) >= 11 is 0. The number of fused-ring (bicyclic) bond motifs is 2. The Bertz CT molecular complexity index is 741. The van der Waals surface area contributed by atoms with Crippen LogP contribution in [0.4, 0.5) is 0 Å². The van der Waals surface area contributed by atoms with Gasteiger partial charge in [-0.05, 0) is 21.0 Å². The van der Waals surface area contributed by atoms with Crippen molar-refractivity contribution in [3.8, 4) is 0 Å². The zero-order valence-corrected chi connectivity index (χ0v) is 17.9. The van der Waals surface area contributed by atoms with Crippen molar-refractivity contribution in [3.05, 3.63) is 18.2 Å². The average Bonchev–Trinajstić information content (AvgIpc) is 3.22. The van der Waals surface area contributed by atoms with Crippen molar-refractivity contribution in [2.75, 3.05) is 20.6 Å². The lowest BCUT2D eigenvalue weighted by molar-refractivity contribution is -0.482. The van der Waals surface area contributed by atoms with Crippen molar-refractivity contribution in [3.63, 3.8) is 0 Å². The van der Waals surface area contributed by atoms with Crippen molar-refractivity contribution in [1.29, 1.82) is 0 Å². The Kier molecular flexibility index (Phi) is 6.40. The molecule has 12 heteroatoms. The van der Waals surface area contributed by atoms with Gasteiger partial charge in [-0.3, -0.25) is 0 Å². The Morgan fingerprint density at radius 2 is 1.87 bits per heavy atom. The molecular weight excluding hydrogens is 410 g/mol. The van der Waals surface area contributed by atoms with Gasteiger partial charge in [0.15, 0.2) is 0 Å². The van der Waals surface area contributed by atoms with Crippen molar-refractivity contribution in [1.82, 2.24) is 25.9 Å². The summed E-state index contributed by atoms with van der Waals surface area (Å²) in [5.41, 5.74) is -0.936. The maximum atomic E-state index is 11.5. The number of nitrogens with zero attached hydrogens (tertiary/aromatic N) is 1. The van der Waals surface area contributed by atoms with E-state index in [4.69, 9.17) is 14.2 Å². The Labute approximate surface area is 180 Å². The largest absolute Gasteiger partial charge is 0.390 e. The molecule has 1 aromatic heterocycles. The van der Waals surface area contributed by atoms with Crippen molar-refractivity contribution in [2.45, 2.75) is 80.2 Å². The van der Waals surface area contributed by atoms with E-state index in [1.165, 1.54) is 0 Å². The van der Waals surface area contributed by atoms with Crippen LogP contribution in [0.3, 0.4) is 0 Å². The molecule has 1 saturated carbocycles. The highest BCUT2D eigenvalue weighted by Crippen LogP contribution is 2.46. The monoisotopic (exact) mass is 443 g/mol. The summed E-state index contributed by atoms with van der Waals surface area (Å²) in [6.07, 6.45) is -2.42. The van der Waals surface area contributed by atoms with Crippen molar-refractivity contribution in [2.24, 2.45) is 0 Å². The van der Waals surface area contributed by atoms with E-state index in [0.717, 1.165) is 5.69 Å². The summed E-state index contributed by atoms with van der Waals surface area (Å²) in [4.78, 5) is 6.92. The first-order chi connectivity index (χ1) is 14.7. The van der Waals surface area contributed by atoms with E-state index < -0.39 is 60.3 Å². The second kappa shape index (κ2) is 8.63. The first kappa shape index (κ1) is 23.0. The minimum Gasteiger partial charge on any atom is -0.390 e. The standard InChI is InChI=1S/C19H33N5O7/c1-9-4-18(27,7-22-5-10-6-23-8-24-10)19(28)17(29-9)30-16-14(26)11(20-2)13(25)12(21-3)15(16)31-19/h6,8-9,11-17,20-22,25-28H,4-5,7H2,1-3H3,(H,23,24)/t9-,11-,12+,13+,14+,15-,16-,17?,18-,19-/m1/s1. The molecule has 31 heavy (non-hydrogen) atoms. The number of nitrogens with one attached hydrogen (secondary N) is 4. The van der Waals surface area contributed by atoms with E-state index in [1.54, 1.807) is 33.5 Å². The van der Waals surface area contributed by atoms with Crippen LogP contribution in [0.25, 0.3) is 0 Å². The van der Waals surface area contributed by atoms with Crippen LogP contribution in [-0.4, -0.2) is 111 Å². The molecule has 12 nitrogen and oxygen atoms in total. The highest BCUT2D eigenvalue weighted by molar-refractivity contribution is 5.12. The third-order valence-corrected chi connectivity index (χ3v) is 6.64. The van der Waals surface area contributed by atoms with Crippen LogP contribution in [0.15, 0.2) is 12.5 Å². The molecule has 0 radical (unpaired) electrons. The van der Waals surface area contributed by atoms with Gasteiger partial charge in [-0.1, -0.05) is 0 Å². The van der Waals surface area contributed by atoms with Gasteiger partial charge in [-0.15, -0.1) is 0 Å². The third kappa shape index (κ3) is 3.80. The molecular formula is C19H33N5O7. The third-order valence-electron chi connectivity index (χ3n) is 6.64. The van der Waals surface area contributed by atoms with Crippen LogP contribution in [0, 0.1) is 0 Å². The van der Waals surface area contributed by atoms with Gasteiger partial charge in [0.2, 0.25) is 12.1 Å². The summed E-state index contributed by atoms with van der Waals surface area (Å²) < 4.78 is 17.8. The first-order valence-electron chi connectivity index (χ1n) is 10.6. The molecule has 1 unspecified atom stereocenters. The molecule has 3 heterocycles. The minimum atomic E-state index is -2.22. The fraction of sp³-hybridized carbons (Fsp3) is 0.842. The maximum absolute atomic E-state index is 11.5. The number of rotatable bonds is 6. The molecule has 4 rings (SSSR count). The van der Waals surface area contributed by atoms with Gasteiger partial charge >= 0.3 is 0 Å². The number of aromatic nitrogens is 2. The number of aliphatic hydroxyl groups excluding tert-OH is 2. The first-order valence-corrected chi connectivity index (χ1v) is 10.6. The summed E-state index contributed by atoms with van der Waals surface area (Å²) in [6, 6.07) is -1.35. The fourth-order valence-corrected chi connectivity index (χ4v) is 5.01. The van der Waals surface area contributed by atoms with Crippen molar-refractivity contribution < 1.29 is 34.6 Å². The Morgan fingerprint density at radius 3 is 2.52 bits per heavy atom. The van der Waals surface area contributed by atoms with E-state index in [-0.39, 0.29) is 13.0 Å². The summed E-state index contributed by atoms with van der Waals surface area (Å²) in [5.74, 6) is -2.22. The fourth-order valence-electron chi connectivity index (χ4n) is 5.01. The molecule has 0 spiro atoms. The smallest absolute Gasteiger partial charge is 0.249 e. The van der Waals surface area contributed by atoms with E-state index in [0.29, 0.717) is 6.54 Å². The maximum Gasteiger partial charge on any atom is 0.249 e. The Morgan fingerprint density at radius 1 is 1.13 bits per heavy atom. The molecule has 1 aromatic rings. The van der Waals surface area contributed by atoms with Gasteiger partial charge in [0.1, 0.15) is 23.9 Å². The van der Waals surface area contributed by atoms with Crippen LogP contribution >= 0.6 is 0 Å². The van der Waals surface area contributed by atoms with Gasteiger partial charge in [-0.2, -0.15) is 0 Å². The van der Waals surface area contributed by atoms with Crippen LogP contribution in [-0.2, 0) is 20.8 Å². The van der Waals surface area contributed by atoms with E-state index in [9.17, 15) is 20.4 Å². The summed E-state index contributed by atoms with van der Waals surface area (Å²) in [6.45, 7) is 2.15. The zero-order valence-electron chi connectivity index (χ0n) is 17.9. The molecule has 0 amide bonds. The molecule has 0 aromatic carbocycles. The van der Waals surface area contributed by atoms with Gasteiger partial charge in [0.25, 0.3) is 0 Å². The van der Waals surface area contributed by atoms with Crippen LogP contribution < -0.4 is 16.0 Å². The Balaban J connectivity index is 1.58. The number of aromatic amines is 1. The molecule has 2 saturated heterocycles. The highest BCUT2D eigenvalue weighted by atomic mass is 16.8. The quantitative estimate of drug-likeness (QED) is 0.222. The molecule has 8 N–H and O–H groups in total. The molecule has 176 valence electrons. The predicted octanol–water partition coefficient (Wildman–Crippen LogP) is -3.25. The van der Waals surface area contributed by atoms with Crippen LogP contribution in [0.1, 0.15) is 19.0 Å². The van der Waals surface area contributed by atoms with E-state index in [2.05, 4.69) is 25.9 Å². The van der Waals surface area contributed by atoms with Gasteiger partial charge in [0.05, 0.1) is 30.6 Å². The highest BCUT2D eigenvalue weighted by Gasteiger charge is 2.68. The van der Waals surface area contributed by atoms with Crippen molar-refractivity contribution >= 4 is 0 Å². The lowest BCUT2D eigenvalue weighted by atomic mass is 9.77. The van der Waals surface area contributed by atoms with Gasteiger partial charge in [-0.25, -0.2) is 4.98 Å². The van der Waals surface area contributed by atoms with Crippen LogP contribution in [0.2, 0.25) is 0 Å². The van der Waals surface area contributed by atoms with Gasteiger partial charge in [0, 0.05) is 31.4 Å². The average molecular weight is 444 g/mol. The van der Waals surface area contributed by atoms with Gasteiger partial charge < -0.3 is 55.6 Å². The number of hydrogen-bond donors (Lipinski definition) is 8. The predicted molar refractivity (Wildman–Crippen MR) is 107 cm³/mol. The number of aliphatic hydroxyl groups is 4. The summed E-state index contributed by atoms with van der Waals surface area (Å²) in [5, 5.41) is 53.6. The number of ether oxygens (including phenoxy) is 3. The molecule has 3 aliphatic rings. The molecule has 10 atom stereocenters. The molecule has 1 aliphatic carbocycles. The normalized spacial score (nSPS) is 47.6. The topological polar surface area (TPSA) is 173 Å². The van der Waals surface area contributed by atoms with E-state index >= 15 is 0 Å². The molecule has 2 aliphatic heterocycles. The number of H-pyrrole nitrogens is 1. The molecule has 0 bridgehead atoms. The molecule has 3 fully saturated rings. The lowest BCUT2D eigenvalue weighted by Crippen LogP contribution is -2.81. The Hall–Kier alpha value is -1.19. The number of imidazole rings is 1.